The SMILES string of the molecule is N#Cc1nc2c(nc1C#N)C(O)c1ccccc1-2. The summed E-state index contributed by atoms with van der Waals surface area (Å²) in [5, 5.41) is 27.9. The van der Waals surface area contributed by atoms with Gasteiger partial charge in [0.05, 0.1) is 5.69 Å². The molecular formula is C13H6N4O. The number of aliphatic hydroxyl groups is 1. The van der Waals surface area contributed by atoms with Crippen LogP contribution in [0.4, 0.5) is 0 Å². The van der Waals surface area contributed by atoms with Crippen LogP contribution in [0.1, 0.15) is 28.7 Å². The summed E-state index contributed by atoms with van der Waals surface area (Å²) in [6, 6.07) is 10.9. The minimum absolute atomic E-state index is 0.0137. The van der Waals surface area contributed by atoms with Gasteiger partial charge in [-0.15, -0.1) is 0 Å². The first-order chi connectivity index (χ1) is 8.76. The van der Waals surface area contributed by atoms with E-state index in [1.54, 1.807) is 6.07 Å². The summed E-state index contributed by atoms with van der Waals surface area (Å²) < 4.78 is 0. The predicted octanol–water partition coefficient (Wildman–Crippen LogP) is 1.28. The summed E-state index contributed by atoms with van der Waals surface area (Å²) in [6.07, 6.45) is -0.886. The first-order valence-corrected chi connectivity index (χ1v) is 5.25. The molecule has 1 heterocycles. The first kappa shape index (κ1) is 10.4. The molecule has 18 heavy (non-hydrogen) atoms. The van der Waals surface area contributed by atoms with Crippen molar-refractivity contribution in [1.29, 1.82) is 10.5 Å². The van der Waals surface area contributed by atoms with Crippen LogP contribution in [-0.4, -0.2) is 15.1 Å². The van der Waals surface area contributed by atoms with Crippen LogP contribution in [-0.2, 0) is 0 Å². The molecule has 0 spiro atoms. The third kappa shape index (κ3) is 1.22. The Balaban J connectivity index is 2.35. The van der Waals surface area contributed by atoms with Crippen molar-refractivity contribution in [1.82, 2.24) is 9.97 Å². The monoisotopic (exact) mass is 234 g/mol. The van der Waals surface area contributed by atoms with Crippen LogP contribution in [0.2, 0.25) is 0 Å². The molecule has 2 aromatic rings. The number of fused-ring (bicyclic) bond motifs is 3. The lowest BCUT2D eigenvalue weighted by Gasteiger charge is -2.03. The van der Waals surface area contributed by atoms with Crippen LogP contribution >= 0.6 is 0 Å². The minimum Gasteiger partial charge on any atom is -0.382 e. The van der Waals surface area contributed by atoms with Crippen molar-refractivity contribution in [2.24, 2.45) is 0 Å². The van der Waals surface area contributed by atoms with Crippen molar-refractivity contribution in [3.05, 3.63) is 46.9 Å². The van der Waals surface area contributed by atoms with E-state index in [1.165, 1.54) is 0 Å². The number of nitriles is 2. The van der Waals surface area contributed by atoms with E-state index in [0.29, 0.717) is 17.0 Å². The highest BCUT2D eigenvalue weighted by Gasteiger charge is 2.31. The molecule has 1 unspecified atom stereocenters. The lowest BCUT2D eigenvalue weighted by Crippen LogP contribution is -2.03. The number of nitrogens with zero attached hydrogens (tertiary/aromatic N) is 4. The van der Waals surface area contributed by atoms with E-state index >= 15 is 0 Å². The fourth-order valence-corrected chi connectivity index (χ4v) is 2.09. The Morgan fingerprint density at radius 2 is 1.72 bits per heavy atom. The number of benzene rings is 1. The largest absolute Gasteiger partial charge is 0.382 e. The van der Waals surface area contributed by atoms with E-state index in [2.05, 4.69) is 9.97 Å². The second-order valence-electron chi connectivity index (χ2n) is 3.87. The molecule has 1 aromatic carbocycles. The maximum Gasteiger partial charge on any atom is 0.177 e. The topological polar surface area (TPSA) is 93.6 Å². The molecule has 5 nitrogen and oxygen atoms in total. The molecule has 0 saturated carbocycles. The highest BCUT2D eigenvalue weighted by Crippen LogP contribution is 2.41. The predicted molar refractivity (Wildman–Crippen MR) is 61.0 cm³/mol. The summed E-state index contributed by atoms with van der Waals surface area (Å²) in [4.78, 5) is 8.17. The van der Waals surface area contributed by atoms with Crippen molar-refractivity contribution in [2.75, 3.05) is 0 Å². The van der Waals surface area contributed by atoms with Crippen molar-refractivity contribution in [3.8, 4) is 23.4 Å². The van der Waals surface area contributed by atoms with E-state index < -0.39 is 6.10 Å². The molecule has 1 aromatic heterocycles. The second-order valence-corrected chi connectivity index (χ2v) is 3.87. The van der Waals surface area contributed by atoms with Gasteiger partial charge in [-0.25, -0.2) is 9.97 Å². The number of aromatic nitrogens is 2. The van der Waals surface area contributed by atoms with Crippen LogP contribution < -0.4 is 0 Å². The summed E-state index contributed by atoms with van der Waals surface area (Å²) >= 11 is 0. The molecule has 0 fully saturated rings. The van der Waals surface area contributed by atoms with Gasteiger partial charge in [-0.3, -0.25) is 0 Å². The molecule has 0 amide bonds. The average molecular weight is 234 g/mol. The molecule has 1 N–H and O–H groups in total. The Morgan fingerprint density at radius 3 is 2.44 bits per heavy atom. The van der Waals surface area contributed by atoms with Gasteiger partial charge in [0, 0.05) is 5.56 Å². The zero-order valence-electron chi connectivity index (χ0n) is 9.12. The van der Waals surface area contributed by atoms with Gasteiger partial charge in [0.2, 0.25) is 0 Å². The van der Waals surface area contributed by atoms with Gasteiger partial charge >= 0.3 is 0 Å². The minimum atomic E-state index is -0.886. The zero-order valence-corrected chi connectivity index (χ0v) is 9.12. The molecule has 1 aliphatic carbocycles. The van der Waals surface area contributed by atoms with Crippen molar-refractivity contribution in [3.63, 3.8) is 0 Å². The fraction of sp³-hybridized carbons (Fsp3) is 0.0769. The fourth-order valence-electron chi connectivity index (χ4n) is 2.09. The average Bonchev–Trinajstić information content (AvgIpc) is 2.71. The van der Waals surface area contributed by atoms with Crippen LogP contribution in [0.5, 0.6) is 0 Å². The first-order valence-electron chi connectivity index (χ1n) is 5.25. The van der Waals surface area contributed by atoms with Gasteiger partial charge in [0.1, 0.15) is 23.9 Å². The van der Waals surface area contributed by atoms with Gasteiger partial charge in [-0.05, 0) is 5.56 Å². The Bertz CT molecular complexity index is 740. The third-order valence-electron chi connectivity index (χ3n) is 2.90. The molecule has 0 aliphatic heterocycles. The molecule has 84 valence electrons. The Kier molecular flexibility index (Phi) is 2.09. The van der Waals surface area contributed by atoms with Crippen LogP contribution in [0.25, 0.3) is 11.3 Å². The van der Waals surface area contributed by atoms with Crippen molar-refractivity contribution in [2.45, 2.75) is 6.10 Å². The molecule has 0 radical (unpaired) electrons. The van der Waals surface area contributed by atoms with Gasteiger partial charge in [-0.2, -0.15) is 10.5 Å². The Hall–Kier alpha value is -2.76. The van der Waals surface area contributed by atoms with Crippen LogP contribution in [0.3, 0.4) is 0 Å². The van der Waals surface area contributed by atoms with E-state index in [0.717, 1.165) is 5.56 Å². The van der Waals surface area contributed by atoms with E-state index in [4.69, 9.17) is 10.5 Å². The molecule has 5 heteroatoms. The lowest BCUT2D eigenvalue weighted by atomic mass is 10.1. The third-order valence-corrected chi connectivity index (χ3v) is 2.90. The molecule has 0 bridgehead atoms. The maximum absolute atomic E-state index is 10.1. The highest BCUT2D eigenvalue weighted by molar-refractivity contribution is 5.74. The van der Waals surface area contributed by atoms with Crippen molar-refractivity contribution >= 4 is 0 Å². The zero-order chi connectivity index (χ0) is 12.7. The van der Waals surface area contributed by atoms with E-state index in [9.17, 15) is 5.11 Å². The van der Waals surface area contributed by atoms with E-state index in [-0.39, 0.29) is 11.4 Å². The lowest BCUT2D eigenvalue weighted by molar-refractivity contribution is 0.220. The molecule has 1 aliphatic rings. The number of hydrogen-bond donors (Lipinski definition) is 1. The summed E-state index contributed by atoms with van der Waals surface area (Å²) in [5.74, 6) is 0. The van der Waals surface area contributed by atoms with Crippen LogP contribution in [0.15, 0.2) is 24.3 Å². The van der Waals surface area contributed by atoms with Crippen LogP contribution in [0, 0.1) is 22.7 Å². The van der Waals surface area contributed by atoms with E-state index in [1.807, 2.05) is 30.3 Å². The molecular weight excluding hydrogens is 228 g/mol. The molecule has 0 saturated heterocycles. The Morgan fingerprint density at radius 1 is 1.06 bits per heavy atom. The highest BCUT2D eigenvalue weighted by atomic mass is 16.3. The quantitative estimate of drug-likeness (QED) is 0.741. The second kappa shape index (κ2) is 3.63. The molecule has 1 atom stereocenters. The van der Waals surface area contributed by atoms with Gasteiger partial charge in [0.25, 0.3) is 0 Å². The normalized spacial score (nSPS) is 15.4. The summed E-state index contributed by atoms with van der Waals surface area (Å²) in [5.41, 5.74) is 2.21. The number of aliphatic hydroxyl groups excluding tert-OH is 1. The summed E-state index contributed by atoms with van der Waals surface area (Å²) in [7, 11) is 0. The smallest absolute Gasteiger partial charge is 0.177 e. The van der Waals surface area contributed by atoms with Crippen molar-refractivity contribution < 1.29 is 5.11 Å². The van der Waals surface area contributed by atoms with Gasteiger partial charge < -0.3 is 5.11 Å². The maximum atomic E-state index is 10.1. The number of rotatable bonds is 0. The standard InChI is InChI=1S/C13H6N4O/c14-5-9-10(6-15)17-12-11(16-9)7-3-1-2-4-8(7)13(12)18/h1-4,13,18H. The van der Waals surface area contributed by atoms with Gasteiger partial charge in [-0.1, -0.05) is 24.3 Å². The Labute approximate surface area is 103 Å². The van der Waals surface area contributed by atoms with Gasteiger partial charge in [0.15, 0.2) is 11.4 Å². The summed E-state index contributed by atoms with van der Waals surface area (Å²) in [6.45, 7) is 0. The molecule has 3 rings (SSSR count). The number of hydrogen-bond acceptors (Lipinski definition) is 5.